The van der Waals surface area contributed by atoms with E-state index in [0.29, 0.717) is 12.1 Å². The highest BCUT2D eigenvalue weighted by Gasteiger charge is 2.24. The van der Waals surface area contributed by atoms with Crippen molar-refractivity contribution in [3.05, 3.63) is 23.8 Å². The lowest BCUT2D eigenvalue weighted by Gasteiger charge is -2.09. The van der Waals surface area contributed by atoms with Crippen LogP contribution in [0.25, 0.3) is 0 Å². The lowest BCUT2D eigenvalue weighted by Crippen LogP contribution is -2.39. The molecule has 9 heteroatoms. The van der Waals surface area contributed by atoms with Gasteiger partial charge in [-0.3, -0.25) is 0 Å². The van der Waals surface area contributed by atoms with E-state index in [1.54, 1.807) is 11.6 Å². The Morgan fingerprint density at radius 3 is 2.56 bits per heavy atom. The van der Waals surface area contributed by atoms with Crippen molar-refractivity contribution in [2.24, 2.45) is 0 Å². The van der Waals surface area contributed by atoms with Crippen LogP contribution in [0.1, 0.15) is 6.92 Å². The number of anilines is 1. The van der Waals surface area contributed by atoms with Crippen LogP contribution in [0.4, 0.5) is 19.3 Å². The summed E-state index contributed by atoms with van der Waals surface area (Å²) in [6.45, 7) is 1.76. The van der Waals surface area contributed by atoms with Crippen LogP contribution in [0.15, 0.2) is 17.0 Å². The zero-order valence-corrected chi connectivity index (χ0v) is 10.1. The molecule has 0 fully saturated rings. The molecule has 0 saturated carbocycles. The predicted molar refractivity (Wildman–Crippen MR) is 60.2 cm³/mol. The number of amides is 2. The first-order valence-corrected chi connectivity index (χ1v) is 6.32. The second-order valence-electron chi connectivity index (χ2n) is 3.24. The number of urea groups is 1. The minimum Gasteiger partial charge on any atom is -0.394 e. The largest absolute Gasteiger partial charge is 0.394 e. The van der Waals surface area contributed by atoms with Gasteiger partial charge in [-0.25, -0.2) is 26.7 Å². The van der Waals surface area contributed by atoms with Gasteiger partial charge in [0.05, 0.1) is 0 Å². The Bertz CT molecular complexity index is 575. The van der Waals surface area contributed by atoms with Gasteiger partial charge in [0.1, 0.15) is 16.4 Å². The van der Waals surface area contributed by atoms with Gasteiger partial charge in [0, 0.05) is 6.54 Å². The molecule has 100 valence electrons. The molecule has 6 nitrogen and oxygen atoms in total. The van der Waals surface area contributed by atoms with Crippen LogP contribution in [0.3, 0.4) is 0 Å². The minimum atomic E-state index is -4.44. The van der Waals surface area contributed by atoms with Crippen molar-refractivity contribution >= 4 is 21.7 Å². The fourth-order valence-corrected chi connectivity index (χ4v) is 2.15. The molecule has 0 radical (unpaired) electrons. The SMILES string of the molecule is CCNC(=O)NS(=O)(=O)c1ccc(F)c(N)c1F. The molecule has 1 aromatic rings. The molecule has 0 saturated heterocycles. The van der Waals surface area contributed by atoms with Crippen molar-refractivity contribution in [2.75, 3.05) is 12.3 Å². The van der Waals surface area contributed by atoms with E-state index in [9.17, 15) is 22.0 Å². The third kappa shape index (κ3) is 2.86. The van der Waals surface area contributed by atoms with Crippen molar-refractivity contribution in [3.8, 4) is 0 Å². The van der Waals surface area contributed by atoms with E-state index >= 15 is 0 Å². The van der Waals surface area contributed by atoms with Crippen LogP contribution in [-0.2, 0) is 10.0 Å². The predicted octanol–water partition coefficient (Wildman–Crippen LogP) is 0.555. The van der Waals surface area contributed by atoms with E-state index in [-0.39, 0.29) is 6.54 Å². The van der Waals surface area contributed by atoms with Crippen LogP contribution < -0.4 is 15.8 Å². The lowest BCUT2D eigenvalue weighted by atomic mass is 10.3. The van der Waals surface area contributed by atoms with E-state index < -0.39 is 38.3 Å². The van der Waals surface area contributed by atoms with Crippen LogP contribution >= 0.6 is 0 Å². The maximum absolute atomic E-state index is 13.5. The van der Waals surface area contributed by atoms with Crippen LogP contribution in [-0.4, -0.2) is 21.0 Å². The summed E-state index contributed by atoms with van der Waals surface area (Å²) in [6, 6.07) is 0.368. The summed E-state index contributed by atoms with van der Waals surface area (Å²) >= 11 is 0. The lowest BCUT2D eigenvalue weighted by molar-refractivity contribution is 0.246. The van der Waals surface area contributed by atoms with Crippen molar-refractivity contribution in [3.63, 3.8) is 0 Å². The Morgan fingerprint density at radius 1 is 1.39 bits per heavy atom. The number of carbonyl (C=O) groups excluding carboxylic acids is 1. The van der Waals surface area contributed by atoms with Gasteiger partial charge in [0.25, 0.3) is 10.0 Å². The standard InChI is InChI=1S/C9H11F2N3O3S/c1-2-13-9(15)14-18(16,17)6-4-3-5(10)8(12)7(6)11/h3-4H,2,12H2,1H3,(H2,13,14,15). The first kappa shape index (κ1) is 14.2. The molecule has 0 aliphatic carbocycles. The summed E-state index contributed by atoms with van der Waals surface area (Å²) in [7, 11) is -4.44. The summed E-state index contributed by atoms with van der Waals surface area (Å²) in [5, 5.41) is 2.16. The van der Waals surface area contributed by atoms with E-state index in [2.05, 4.69) is 5.32 Å². The first-order valence-electron chi connectivity index (χ1n) is 4.83. The first-order chi connectivity index (χ1) is 8.29. The average Bonchev–Trinajstić information content (AvgIpc) is 2.25. The van der Waals surface area contributed by atoms with Crippen molar-refractivity contribution in [1.82, 2.24) is 10.0 Å². The zero-order chi connectivity index (χ0) is 13.9. The maximum atomic E-state index is 13.5. The number of carbonyl (C=O) groups is 1. The fraction of sp³-hybridized carbons (Fsp3) is 0.222. The minimum absolute atomic E-state index is 0.190. The van der Waals surface area contributed by atoms with Gasteiger partial charge in [0.15, 0.2) is 5.82 Å². The van der Waals surface area contributed by atoms with Gasteiger partial charge in [-0.15, -0.1) is 0 Å². The summed E-state index contributed by atoms with van der Waals surface area (Å²) < 4.78 is 51.1. The molecule has 0 spiro atoms. The van der Waals surface area contributed by atoms with E-state index in [0.717, 1.165) is 0 Å². The van der Waals surface area contributed by atoms with Gasteiger partial charge in [-0.1, -0.05) is 0 Å². The molecule has 4 N–H and O–H groups in total. The molecule has 1 aromatic carbocycles. The van der Waals surface area contributed by atoms with E-state index in [1.807, 2.05) is 0 Å². The molecular weight excluding hydrogens is 268 g/mol. The van der Waals surface area contributed by atoms with Crippen molar-refractivity contribution < 1.29 is 22.0 Å². The number of sulfonamides is 1. The maximum Gasteiger partial charge on any atom is 0.328 e. The number of halogens is 2. The molecule has 18 heavy (non-hydrogen) atoms. The number of rotatable bonds is 3. The van der Waals surface area contributed by atoms with Gasteiger partial charge >= 0.3 is 6.03 Å². The molecule has 0 bridgehead atoms. The average molecular weight is 279 g/mol. The fourth-order valence-electron chi connectivity index (χ4n) is 1.13. The quantitative estimate of drug-likeness (QED) is 0.703. The number of nitrogens with one attached hydrogen (secondary N) is 2. The third-order valence-electron chi connectivity index (χ3n) is 1.95. The molecular formula is C9H11F2N3O3S. The Kier molecular flexibility index (Phi) is 4.07. The molecule has 0 aliphatic rings. The molecule has 0 atom stereocenters. The summed E-state index contributed by atoms with van der Waals surface area (Å²) in [5.74, 6) is -2.52. The normalized spacial score (nSPS) is 11.1. The number of hydrogen-bond acceptors (Lipinski definition) is 4. The monoisotopic (exact) mass is 279 g/mol. The second kappa shape index (κ2) is 5.17. The molecule has 0 unspecified atom stereocenters. The highest BCUT2D eigenvalue weighted by atomic mass is 32.2. The highest BCUT2D eigenvalue weighted by Crippen LogP contribution is 2.22. The number of nitrogen functional groups attached to an aromatic ring is 1. The van der Waals surface area contributed by atoms with Gasteiger partial charge < -0.3 is 11.1 Å². The van der Waals surface area contributed by atoms with Crippen molar-refractivity contribution in [2.45, 2.75) is 11.8 Å². The van der Waals surface area contributed by atoms with Crippen LogP contribution in [0.5, 0.6) is 0 Å². The van der Waals surface area contributed by atoms with Gasteiger partial charge in [0.2, 0.25) is 0 Å². The molecule has 0 aliphatic heterocycles. The Balaban J connectivity index is 3.14. The Hall–Kier alpha value is -1.90. The number of benzene rings is 1. The van der Waals surface area contributed by atoms with Gasteiger partial charge in [-0.05, 0) is 19.1 Å². The van der Waals surface area contributed by atoms with E-state index in [1.165, 1.54) is 0 Å². The van der Waals surface area contributed by atoms with Gasteiger partial charge in [-0.2, -0.15) is 0 Å². The number of nitrogens with two attached hydrogens (primary N) is 1. The van der Waals surface area contributed by atoms with Crippen LogP contribution in [0.2, 0.25) is 0 Å². The topological polar surface area (TPSA) is 101 Å². The second-order valence-corrected chi connectivity index (χ2v) is 4.89. The van der Waals surface area contributed by atoms with E-state index in [4.69, 9.17) is 5.73 Å². The van der Waals surface area contributed by atoms with Crippen molar-refractivity contribution in [1.29, 1.82) is 0 Å². The molecule has 0 aromatic heterocycles. The smallest absolute Gasteiger partial charge is 0.328 e. The summed E-state index contributed by atoms with van der Waals surface area (Å²) in [5.41, 5.74) is 4.10. The van der Waals surface area contributed by atoms with Crippen LogP contribution in [0, 0.1) is 11.6 Å². The molecule has 1 rings (SSSR count). The third-order valence-corrected chi connectivity index (χ3v) is 3.29. The zero-order valence-electron chi connectivity index (χ0n) is 9.33. The Labute approximate surface area is 102 Å². The molecule has 0 heterocycles. The summed E-state index contributed by atoms with van der Waals surface area (Å²) in [6.07, 6.45) is 0. The Morgan fingerprint density at radius 2 is 2.00 bits per heavy atom. The highest BCUT2D eigenvalue weighted by molar-refractivity contribution is 7.90. The number of hydrogen-bond donors (Lipinski definition) is 3. The molecule has 2 amide bonds. The summed E-state index contributed by atoms with van der Waals surface area (Å²) in [4.78, 5) is 10.2.